The van der Waals surface area contributed by atoms with Crippen molar-refractivity contribution in [2.75, 3.05) is 5.73 Å². The molecule has 0 radical (unpaired) electrons. The summed E-state index contributed by atoms with van der Waals surface area (Å²) < 4.78 is 2.57. The van der Waals surface area contributed by atoms with Crippen molar-refractivity contribution in [1.82, 2.24) is 9.55 Å². The average Bonchev–Trinajstić information content (AvgIpc) is 3.28. The summed E-state index contributed by atoms with van der Waals surface area (Å²) >= 11 is 0. The van der Waals surface area contributed by atoms with E-state index in [4.69, 9.17) is 10.7 Å². The lowest BCUT2D eigenvalue weighted by Crippen LogP contribution is -2.19. The number of imidazole rings is 1. The molecular formula is C18H25N3. The highest BCUT2D eigenvalue weighted by atomic mass is 15.1. The standard InChI is InChI=1S/C18H25N3/c1-2-12-3-8-15(9-4-12)21-17-10-7-14(19)11-16(17)20-18(21)13-5-6-13/h7,10-13,15H,2-6,8-9,19H2,1H3. The summed E-state index contributed by atoms with van der Waals surface area (Å²) in [6.07, 6.45) is 9.33. The van der Waals surface area contributed by atoms with Crippen LogP contribution < -0.4 is 5.73 Å². The number of rotatable bonds is 3. The molecule has 1 aromatic heterocycles. The van der Waals surface area contributed by atoms with E-state index in [0.717, 1.165) is 17.1 Å². The molecule has 0 bridgehead atoms. The molecule has 2 aliphatic rings. The number of hydrogen-bond donors (Lipinski definition) is 1. The van der Waals surface area contributed by atoms with E-state index in [1.807, 2.05) is 12.1 Å². The van der Waals surface area contributed by atoms with Gasteiger partial charge in [0.1, 0.15) is 5.82 Å². The van der Waals surface area contributed by atoms with Crippen LogP contribution in [-0.2, 0) is 0 Å². The minimum Gasteiger partial charge on any atom is -0.399 e. The van der Waals surface area contributed by atoms with Gasteiger partial charge in [-0.2, -0.15) is 0 Å². The van der Waals surface area contributed by atoms with Crippen LogP contribution in [0.15, 0.2) is 18.2 Å². The summed E-state index contributed by atoms with van der Waals surface area (Å²) in [4.78, 5) is 4.93. The number of nitrogens with zero attached hydrogens (tertiary/aromatic N) is 2. The highest BCUT2D eigenvalue weighted by molar-refractivity contribution is 5.80. The molecule has 0 spiro atoms. The average molecular weight is 283 g/mol. The Morgan fingerprint density at radius 2 is 1.90 bits per heavy atom. The molecule has 4 rings (SSSR count). The first-order valence-electron chi connectivity index (χ1n) is 8.53. The first-order valence-corrected chi connectivity index (χ1v) is 8.53. The van der Waals surface area contributed by atoms with Crippen molar-refractivity contribution >= 4 is 16.7 Å². The Hall–Kier alpha value is -1.51. The van der Waals surface area contributed by atoms with Gasteiger partial charge < -0.3 is 10.3 Å². The van der Waals surface area contributed by atoms with E-state index in [9.17, 15) is 0 Å². The van der Waals surface area contributed by atoms with Crippen molar-refractivity contribution in [1.29, 1.82) is 0 Å². The van der Waals surface area contributed by atoms with E-state index in [1.54, 1.807) is 0 Å². The van der Waals surface area contributed by atoms with Gasteiger partial charge in [0.05, 0.1) is 11.0 Å². The third-order valence-electron chi connectivity index (χ3n) is 5.44. The SMILES string of the molecule is CCC1CCC(n2c(C3CC3)nc3cc(N)ccc32)CC1. The van der Waals surface area contributed by atoms with Crippen molar-refractivity contribution in [3.63, 3.8) is 0 Å². The minimum atomic E-state index is 0.650. The van der Waals surface area contributed by atoms with Crippen LogP contribution in [-0.4, -0.2) is 9.55 Å². The lowest BCUT2D eigenvalue weighted by molar-refractivity contribution is 0.269. The molecule has 3 heteroatoms. The molecule has 1 heterocycles. The van der Waals surface area contributed by atoms with Crippen LogP contribution >= 0.6 is 0 Å². The van der Waals surface area contributed by atoms with E-state index in [2.05, 4.69) is 17.6 Å². The maximum Gasteiger partial charge on any atom is 0.113 e. The number of nitrogens with two attached hydrogens (primary N) is 1. The molecule has 1 aromatic carbocycles. The molecule has 2 aromatic rings. The van der Waals surface area contributed by atoms with Crippen LogP contribution in [0.1, 0.15) is 69.7 Å². The smallest absolute Gasteiger partial charge is 0.113 e. The third-order valence-corrected chi connectivity index (χ3v) is 5.44. The number of aromatic nitrogens is 2. The largest absolute Gasteiger partial charge is 0.399 e. The number of anilines is 1. The van der Waals surface area contributed by atoms with E-state index in [-0.39, 0.29) is 0 Å². The first kappa shape index (κ1) is 13.2. The van der Waals surface area contributed by atoms with E-state index in [0.29, 0.717) is 12.0 Å². The Morgan fingerprint density at radius 3 is 2.57 bits per heavy atom. The Labute approximate surface area is 126 Å². The Morgan fingerprint density at radius 1 is 1.14 bits per heavy atom. The second-order valence-corrected chi connectivity index (χ2v) is 6.95. The van der Waals surface area contributed by atoms with Crippen molar-refractivity contribution in [3.8, 4) is 0 Å². The Kier molecular flexibility index (Phi) is 3.16. The molecular weight excluding hydrogens is 258 g/mol. The monoisotopic (exact) mass is 283 g/mol. The quantitative estimate of drug-likeness (QED) is 0.834. The van der Waals surface area contributed by atoms with Crippen LogP contribution in [0.2, 0.25) is 0 Å². The second-order valence-electron chi connectivity index (χ2n) is 6.95. The molecule has 2 aliphatic carbocycles. The highest BCUT2D eigenvalue weighted by Crippen LogP contribution is 2.44. The van der Waals surface area contributed by atoms with Crippen LogP contribution in [0.3, 0.4) is 0 Å². The maximum atomic E-state index is 5.94. The molecule has 0 atom stereocenters. The molecule has 2 fully saturated rings. The summed E-state index contributed by atoms with van der Waals surface area (Å²) in [6.45, 7) is 2.33. The predicted molar refractivity (Wildman–Crippen MR) is 87.4 cm³/mol. The van der Waals surface area contributed by atoms with Crippen LogP contribution in [0, 0.1) is 5.92 Å². The topological polar surface area (TPSA) is 43.8 Å². The van der Waals surface area contributed by atoms with E-state index >= 15 is 0 Å². The Bertz CT molecular complexity index is 646. The number of fused-ring (bicyclic) bond motifs is 1. The van der Waals surface area contributed by atoms with Gasteiger partial charge in [0.15, 0.2) is 0 Å². The van der Waals surface area contributed by atoms with Crippen LogP contribution in [0.5, 0.6) is 0 Å². The number of nitrogen functional groups attached to an aromatic ring is 1. The van der Waals surface area contributed by atoms with Crippen molar-refractivity contribution in [3.05, 3.63) is 24.0 Å². The van der Waals surface area contributed by atoms with Gasteiger partial charge in [-0.05, 0) is 62.6 Å². The van der Waals surface area contributed by atoms with Gasteiger partial charge in [0.25, 0.3) is 0 Å². The molecule has 2 N–H and O–H groups in total. The highest BCUT2D eigenvalue weighted by Gasteiger charge is 2.33. The zero-order valence-electron chi connectivity index (χ0n) is 12.9. The Balaban J connectivity index is 1.74. The van der Waals surface area contributed by atoms with E-state index in [1.165, 1.54) is 56.3 Å². The van der Waals surface area contributed by atoms with Crippen molar-refractivity contribution < 1.29 is 0 Å². The summed E-state index contributed by atoms with van der Waals surface area (Å²) in [5.74, 6) is 2.97. The number of hydrogen-bond acceptors (Lipinski definition) is 2. The van der Waals surface area contributed by atoms with Gasteiger partial charge in [-0.15, -0.1) is 0 Å². The second kappa shape index (κ2) is 5.04. The zero-order chi connectivity index (χ0) is 14.4. The van der Waals surface area contributed by atoms with Crippen molar-refractivity contribution in [2.24, 2.45) is 5.92 Å². The lowest BCUT2D eigenvalue weighted by Gasteiger charge is -2.30. The fourth-order valence-electron chi connectivity index (χ4n) is 3.96. The van der Waals surface area contributed by atoms with Gasteiger partial charge in [-0.25, -0.2) is 4.98 Å². The third kappa shape index (κ3) is 2.33. The molecule has 112 valence electrons. The van der Waals surface area contributed by atoms with E-state index < -0.39 is 0 Å². The lowest BCUT2D eigenvalue weighted by atomic mass is 9.84. The van der Waals surface area contributed by atoms with Crippen LogP contribution in [0.25, 0.3) is 11.0 Å². The number of benzene rings is 1. The minimum absolute atomic E-state index is 0.650. The van der Waals surface area contributed by atoms with Crippen LogP contribution in [0.4, 0.5) is 5.69 Å². The summed E-state index contributed by atoms with van der Waals surface area (Å²) in [6, 6.07) is 6.89. The van der Waals surface area contributed by atoms with Gasteiger partial charge in [-0.3, -0.25) is 0 Å². The normalized spacial score (nSPS) is 26.3. The van der Waals surface area contributed by atoms with Gasteiger partial charge in [0.2, 0.25) is 0 Å². The fraction of sp³-hybridized carbons (Fsp3) is 0.611. The maximum absolute atomic E-state index is 5.94. The molecule has 21 heavy (non-hydrogen) atoms. The molecule has 0 aliphatic heterocycles. The fourth-order valence-corrected chi connectivity index (χ4v) is 3.96. The summed E-state index contributed by atoms with van der Waals surface area (Å²) in [7, 11) is 0. The molecule has 0 amide bonds. The molecule has 0 saturated heterocycles. The first-order chi connectivity index (χ1) is 10.3. The predicted octanol–water partition coefficient (Wildman–Crippen LogP) is 4.64. The van der Waals surface area contributed by atoms with Gasteiger partial charge in [-0.1, -0.05) is 13.3 Å². The van der Waals surface area contributed by atoms with Crippen molar-refractivity contribution in [2.45, 2.75) is 63.8 Å². The molecule has 2 saturated carbocycles. The summed E-state index contributed by atoms with van der Waals surface area (Å²) in [5.41, 5.74) is 9.15. The van der Waals surface area contributed by atoms with Gasteiger partial charge in [0, 0.05) is 17.6 Å². The summed E-state index contributed by atoms with van der Waals surface area (Å²) in [5, 5.41) is 0. The molecule has 3 nitrogen and oxygen atoms in total. The zero-order valence-corrected chi connectivity index (χ0v) is 12.9. The van der Waals surface area contributed by atoms with Gasteiger partial charge >= 0.3 is 0 Å². The molecule has 0 unspecified atom stereocenters.